The maximum absolute atomic E-state index is 13.4. The first kappa shape index (κ1) is 35.5. The number of H-pyrrole nitrogens is 1. The van der Waals surface area contributed by atoms with Crippen LogP contribution in [0.1, 0.15) is 77.2 Å². The number of anilines is 1. The third kappa shape index (κ3) is 7.79. The highest BCUT2D eigenvalue weighted by atomic mass is 35.5. The molecule has 1 fully saturated rings. The Labute approximate surface area is 308 Å². The molecule has 0 aliphatic heterocycles. The third-order valence-corrected chi connectivity index (χ3v) is 11.6. The summed E-state index contributed by atoms with van der Waals surface area (Å²) in [6.45, 7) is 1.69. The lowest BCUT2D eigenvalue weighted by atomic mass is 9.85. The minimum Gasteiger partial charge on any atom is -0.496 e. The summed E-state index contributed by atoms with van der Waals surface area (Å²) in [5, 5.41) is 2.72. The number of benzene rings is 4. The van der Waals surface area contributed by atoms with Gasteiger partial charge in [-0.25, -0.2) is 13.1 Å². The van der Waals surface area contributed by atoms with E-state index in [0.717, 1.165) is 76.4 Å². The number of amides is 1. The Morgan fingerprint density at radius 2 is 1.79 bits per heavy atom. The number of ether oxygens (including phenoxy) is 1. The topological polar surface area (TPSA) is 122 Å². The first-order chi connectivity index (χ1) is 25.2. The van der Waals surface area contributed by atoms with Gasteiger partial charge in [-0.2, -0.15) is 0 Å². The second-order valence-corrected chi connectivity index (χ2v) is 15.5. The molecule has 4 aromatic carbocycles. The SMILES string of the molecule is COc1cc(C(=O)NS(=O)(=O)c2ccccc2C)ccc1C(CCCc1ccc2ccc(Cl)cc2n1)c1c[nH]c2ccc(NOC3CCCC3)cc12. The molecule has 7 rings (SSSR count). The van der Waals surface area contributed by atoms with Crippen molar-refractivity contribution < 1.29 is 22.8 Å². The molecule has 1 atom stereocenters. The average molecular weight is 737 g/mol. The molecule has 9 nitrogen and oxygen atoms in total. The smallest absolute Gasteiger partial charge is 0.265 e. The van der Waals surface area contributed by atoms with Gasteiger partial charge in [0.15, 0.2) is 0 Å². The Morgan fingerprint density at radius 1 is 0.981 bits per heavy atom. The number of aromatic amines is 1. The Morgan fingerprint density at radius 3 is 2.60 bits per heavy atom. The average Bonchev–Trinajstić information content (AvgIpc) is 3.82. The number of sulfonamides is 1. The second-order valence-electron chi connectivity index (χ2n) is 13.4. The molecule has 1 aliphatic carbocycles. The fraction of sp³-hybridized carbons (Fsp3) is 0.268. The summed E-state index contributed by atoms with van der Waals surface area (Å²) in [6.07, 6.45) is 8.99. The molecular formula is C41H41ClN4O5S. The zero-order valence-corrected chi connectivity index (χ0v) is 30.7. The largest absolute Gasteiger partial charge is 0.496 e. The molecule has 52 heavy (non-hydrogen) atoms. The van der Waals surface area contributed by atoms with Crippen LogP contribution in [0.5, 0.6) is 5.75 Å². The van der Waals surface area contributed by atoms with Crippen LogP contribution in [-0.4, -0.2) is 37.5 Å². The summed E-state index contributed by atoms with van der Waals surface area (Å²) >= 11 is 6.26. The number of carbonyl (C=O) groups is 1. The normalized spacial score (nSPS) is 14.1. The monoisotopic (exact) mass is 736 g/mol. The predicted octanol–water partition coefficient (Wildman–Crippen LogP) is 9.25. The van der Waals surface area contributed by atoms with E-state index in [-0.39, 0.29) is 22.5 Å². The van der Waals surface area contributed by atoms with Gasteiger partial charge in [-0.15, -0.1) is 0 Å². The number of rotatable bonds is 13. The molecular weight excluding hydrogens is 696 g/mol. The second kappa shape index (κ2) is 15.4. The number of aromatic nitrogens is 2. The van der Waals surface area contributed by atoms with Crippen LogP contribution in [0.15, 0.2) is 102 Å². The number of nitrogens with one attached hydrogen (secondary N) is 3. The number of methoxy groups -OCH3 is 1. The van der Waals surface area contributed by atoms with Gasteiger partial charge in [-0.1, -0.05) is 60.8 Å². The molecule has 1 saturated carbocycles. The van der Waals surface area contributed by atoms with Gasteiger partial charge in [-0.3, -0.25) is 20.1 Å². The number of halogens is 1. The van der Waals surface area contributed by atoms with E-state index in [1.165, 1.54) is 18.9 Å². The number of carbonyl (C=O) groups excluding carboxylic acids is 1. The van der Waals surface area contributed by atoms with Gasteiger partial charge in [0.05, 0.1) is 29.3 Å². The van der Waals surface area contributed by atoms with Crippen LogP contribution < -0.4 is 14.9 Å². The number of fused-ring (bicyclic) bond motifs is 2. The lowest BCUT2D eigenvalue weighted by Crippen LogP contribution is -2.31. The van der Waals surface area contributed by atoms with Crippen molar-refractivity contribution >= 4 is 55.0 Å². The van der Waals surface area contributed by atoms with Crippen LogP contribution in [0.3, 0.4) is 0 Å². The van der Waals surface area contributed by atoms with E-state index in [2.05, 4.69) is 33.4 Å². The highest BCUT2D eigenvalue weighted by Crippen LogP contribution is 2.40. The third-order valence-electron chi connectivity index (χ3n) is 9.85. The van der Waals surface area contributed by atoms with Crippen molar-refractivity contribution in [3.63, 3.8) is 0 Å². The fourth-order valence-corrected chi connectivity index (χ4v) is 8.51. The van der Waals surface area contributed by atoms with E-state index in [1.54, 1.807) is 44.4 Å². The van der Waals surface area contributed by atoms with Crippen molar-refractivity contribution in [2.24, 2.45) is 0 Å². The molecule has 1 aliphatic rings. The van der Waals surface area contributed by atoms with E-state index < -0.39 is 15.9 Å². The Bertz CT molecular complexity index is 2350. The number of pyridine rings is 1. The van der Waals surface area contributed by atoms with Crippen LogP contribution >= 0.6 is 11.6 Å². The van der Waals surface area contributed by atoms with Crippen molar-refractivity contribution in [3.05, 3.63) is 130 Å². The van der Waals surface area contributed by atoms with E-state index in [9.17, 15) is 13.2 Å². The summed E-state index contributed by atoms with van der Waals surface area (Å²) in [4.78, 5) is 27.7. The number of hydrogen-bond donors (Lipinski definition) is 3. The molecule has 2 aromatic heterocycles. The predicted molar refractivity (Wildman–Crippen MR) is 206 cm³/mol. The first-order valence-electron chi connectivity index (χ1n) is 17.6. The minimum atomic E-state index is -4.09. The van der Waals surface area contributed by atoms with Crippen molar-refractivity contribution in [2.75, 3.05) is 12.6 Å². The first-order valence-corrected chi connectivity index (χ1v) is 19.4. The van der Waals surface area contributed by atoms with Crippen LogP contribution in [0, 0.1) is 6.92 Å². The van der Waals surface area contributed by atoms with Gasteiger partial charge in [0.2, 0.25) is 0 Å². The Hall–Kier alpha value is -4.90. The van der Waals surface area contributed by atoms with Crippen molar-refractivity contribution in [3.8, 4) is 5.75 Å². The molecule has 268 valence electrons. The maximum Gasteiger partial charge on any atom is 0.265 e. The van der Waals surface area contributed by atoms with E-state index in [1.807, 2.05) is 42.6 Å². The summed E-state index contributed by atoms with van der Waals surface area (Å²) < 4.78 is 34.4. The van der Waals surface area contributed by atoms with E-state index >= 15 is 0 Å². The van der Waals surface area contributed by atoms with Gasteiger partial charge in [-0.05, 0) is 105 Å². The van der Waals surface area contributed by atoms with E-state index in [4.69, 9.17) is 26.2 Å². The summed E-state index contributed by atoms with van der Waals surface area (Å²) in [7, 11) is -2.53. The lowest BCUT2D eigenvalue weighted by Gasteiger charge is -2.21. The molecule has 1 unspecified atom stereocenters. The van der Waals surface area contributed by atoms with Crippen LogP contribution in [0.4, 0.5) is 5.69 Å². The molecule has 3 N–H and O–H groups in total. The van der Waals surface area contributed by atoms with Gasteiger partial charge >= 0.3 is 0 Å². The highest BCUT2D eigenvalue weighted by molar-refractivity contribution is 7.90. The van der Waals surface area contributed by atoms with Crippen LogP contribution in [-0.2, 0) is 21.3 Å². The summed E-state index contributed by atoms with van der Waals surface area (Å²) in [6, 6.07) is 27.6. The number of hydrogen-bond acceptors (Lipinski definition) is 7. The van der Waals surface area contributed by atoms with Crippen molar-refractivity contribution in [2.45, 2.75) is 68.8 Å². The standard InChI is InChI=1S/C41H41ClN4O5S/c1-26-8-3-6-13-40(26)52(48,49)46-41(47)28-16-20-34(39(22-28)50-2)33(12-7-9-30-18-15-27-14-17-29(42)23-38(27)44-30)36-25-43-37-21-19-31(24-35(36)37)45-51-32-10-4-5-11-32/h3,6,8,13-25,32-33,43,45H,4-5,7,9-12H2,1-2H3,(H,46,47). The van der Waals surface area contributed by atoms with Gasteiger partial charge in [0, 0.05) is 50.2 Å². The highest BCUT2D eigenvalue weighted by Gasteiger charge is 2.25. The molecule has 0 saturated heterocycles. The van der Waals surface area contributed by atoms with Gasteiger partial charge in [0.25, 0.3) is 15.9 Å². The molecule has 0 spiro atoms. The maximum atomic E-state index is 13.4. The van der Waals surface area contributed by atoms with Crippen LogP contribution in [0.2, 0.25) is 5.02 Å². The molecule has 6 aromatic rings. The zero-order valence-electron chi connectivity index (χ0n) is 29.1. The molecule has 0 bridgehead atoms. The molecule has 11 heteroatoms. The van der Waals surface area contributed by atoms with Crippen molar-refractivity contribution in [1.82, 2.24) is 14.7 Å². The van der Waals surface area contributed by atoms with E-state index in [0.29, 0.717) is 16.3 Å². The summed E-state index contributed by atoms with van der Waals surface area (Å²) in [5.41, 5.74) is 9.52. The quantitative estimate of drug-likeness (QED) is 0.101. The molecule has 2 heterocycles. The Kier molecular flexibility index (Phi) is 10.5. The fourth-order valence-electron chi connectivity index (χ4n) is 7.12. The number of aryl methyl sites for hydroxylation is 2. The van der Waals surface area contributed by atoms with Crippen LogP contribution in [0.25, 0.3) is 21.8 Å². The lowest BCUT2D eigenvalue weighted by molar-refractivity contribution is 0.0981. The van der Waals surface area contributed by atoms with Gasteiger partial charge < -0.3 is 9.72 Å². The summed E-state index contributed by atoms with van der Waals surface area (Å²) in [5.74, 6) is -0.396. The minimum absolute atomic E-state index is 0.0536. The number of nitrogens with zero attached hydrogens (tertiary/aromatic N) is 1. The van der Waals surface area contributed by atoms with Crippen molar-refractivity contribution in [1.29, 1.82) is 0 Å². The molecule has 0 radical (unpaired) electrons. The zero-order chi connectivity index (χ0) is 36.2. The van der Waals surface area contributed by atoms with Gasteiger partial charge in [0.1, 0.15) is 5.75 Å². The molecule has 1 amide bonds. The Balaban J connectivity index is 1.19.